The Kier molecular flexibility index (Phi) is 2.52. The van der Waals surface area contributed by atoms with E-state index in [1.165, 1.54) is 6.07 Å². The SMILES string of the molecule is C/C=C/C1=Cc2c(ccc3oc(=O)ccc23)OC1. The topological polar surface area (TPSA) is 39.4 Å². The Hall–Kier alpha value is -2.29. The molecule has 1 aromatic heterocycles. The van der Waals surface area contributed by atoms with Gasteiger partial charge >= 0.3 is 5.63 Å². The lowest BCUT2D eigenvalue weighted by molar-refractivity contribution is 0.351. The van der Waals surface area contributed by atoms with Crippen molar-refractivity contribution >= 4 is 17.0 Å². The predicted molar refractivity (Wildman–Crippen MR) is 70.8 cm³/mol. The molecule has 0 saturated carbocycles. The van der Waals surface area contributed by atoms with Crippen molar-refractivity contribution in [1.29, 1.82) is 0 Å². The molecule has 0 bridgehead atoms. The van der Waals surface area contributed by atoms with Gasteiger partial charge in [-0.25, -0.2) is 4.79 Å². The molecule has 3 rings (SSSR count). The molecule has 0 spiro atoms. The predicted octanol–water partition coefficient (Wildman–Crippen LogP) is 3.14. The number of allylic oxidation sites excluding steroid dienone is 1. The minimum atomic E-state index is -0.336. The highest BCUT2D eigenvalue weighted by Crippen LogP contribution is 2.32. The summed E-state index contributed by atoms with van der Waals surface area (Å²) >= 11 is 0. The van der Waals surface area contributed by atoms with Gasteiger partial charge in [-0.15, -0.1) is 0 Å². The summed E-state index contributed by atoms with van der Waals surface area (Å²) in [4.78, 5) is 11.2. The molecule has 0 aliphatic carbocycles. The maximum Gasteiger partial charge on any atom is 0.336 e. The van der Waals surface area contributed by atoms with Gasteiger partial charge in [0.1, 0.15) is 17.9 Å². The molecule has 90 valence electrons. The van der Waals surface area contributed by atoms with E-state index < -0.39 is 0 Å². The third kappa shape index (κ3) is 1.74. The highest BCUT2D eigenvalue weighted by Gasteiger charge is 2.13. The Balaban J connectivity index is 2.28. The molecular formula is C15H12O3. The summed E-state index contributed by atoms with van der Waals surface area (Å²) in [7, 11) is 0. The van der Waals surface area contributed by atoms with E-state index in [0.717, 1.165) is 22.3 Å². The number of hydrogen-bond acceptors (Lipinski definition) is 3. The third-order valence-electron chi connectivity index (χ3n) is 2.91. The quantitative estimate of drug-likeness (QED) is 0.719. The van der Waals surface area contributed by atoms with Crippen molar-refractivity contribution in [2.24, 2.45) is 0 Å². The van der Waals surface area contributed by atoms with Gasteiger partial charge in [0.2, 0.25) is 0 Å². The molecule has 1 aromatic carbocycles. The molecule has 3 nitrogen and oxygen atoms in total. The van der Waals surface area contributed by atoms with Gasteiger partial charge < -0.3 is 9.15 Å². The lowest BCUT2D eigenvalue weighted by Gasteiger charge is -2.17. The van der Waals surface area contributed by atoms with Crippen LogP contribution < -0.4 is 10.4 Å². The summed E-state index contributed by atoms with van der Waals surface area (Å²) in [6.07, 6.45) is 6.06. The first-order chi connectivity index (χ1) is 8.78. The van der Waals surface area contributed by atoms with Gasteiger partial charge in [0, 0.05) is 17.0 Å². The first kappa shape index (κ1) is 10.8. The average molecular weight is 240 g/mol. The number of benzene rings is 1. The lowest BCUT2D eigenvalue weighted by atomic mass is 10.0. The largest absolute Gasteiger partial charge is 0.488 e. The molecule has 3 heteroatoms. The second-order valence-corrected chi connectivity index (χ2v) is 4.15. The van der Waals surface area contributed by atoms with Crippen LogP contribution in [0.3, 0.4) is 0 Å². The maximum absolute atomic E-state index is 11.2. The van der Waals surface area contributed by atoms with Crippen LogP contribution in [0.5, 0.6) is 5.75 Å². The van der Waals surface area contributed by atoms with Crippen molar-refractivity contribution in [2.75, 3.05) is 6.61 Å². The van der Waals surface area contributed by atoms with Crippen molar-refractivity contribution in [3.8, 4) is 5.75 Å². The summed E-state index contributed by atoms with van der Waals surface area (Å²) in [6.45, 7) is 2.54. The Morgan fingerprint density at radius 3 is 2.94 bits per heavy atom. The average Bonchev–Trinajstić information content (AvgIpc) is 2.38. The number of rotatable bonds is 1. The molecule has 1 aliphatic heterocycles. The second-order valence-electron chi connectivity index (χ2n) is 4.15. The summed E-state index contributed by atoms with van der Waals surface area (Å²) in [5.41, 5.74) is 2.32. The smallest absolute Gasteiger partial charge is 0.336 e. The molecule has 0 unspecified atom stereocenters. The van der Waals surface area contributed by atoms with Crippen LogP contribution in [-0.4, -0.2) is 6.61 Å². The normalized spacial score (nSPS) is 14.4. The number of hydrogen-bond donors (Lipinski definition) is 0. The van der Waals surface area contributed by atoms with E-state index in [2.05, 4.69) is 6.08 Å². The van der Waals surface area contributed by atoms with Gasteiger partial charge in [-0.1, -0.05) is 12.2 Å². The second kappa shape index (κ2) is 4.18. The lowest BCUT2D eigenvalue weighted by Crippen LogP contribution is -2.06. The van der Waals surface area contributed by atoms with Crippen LogP contribution >= 0.6 is 0 Å². The summed E-state index contributed by atoms with van der Waals surface area (Å²) in [5.74, 6) is 0.824. The van der Waals surface area contributed by atoms with Crippen molar-refractivity contribution < 1.29 is 9.15 Å². The Labute approximate surface area is 104 Å². The Morgan fingerprint density at radius 1 is 1.22 bits per heavy atom. The van der Waals surface area contributed by atoms with Crippen molar-refractivity contribution in [3.05, 3.63) is 58.0 Å². The molecule has 0 fully saturated rings. The van der Waals surface area contributed by atoms with Crippen molar-refractivity contribution in [2.45, 2.75) is 6.92 Å². The summed E-state index contributed by atoms with van der Waals surface area (Å²) in [5, 5.41) is 0.897. The van der Waals surface area contributed by atoms with Gasteiger partial charge in [0.05, 0.1) is 0 Å². The van der Waals surface area contributed by atoms with Gasteiger partial charge in [-0.3, -0.25) is 0 Å². The molecule has 0 amide bonds. The molecule has 2 aromatic rings. The molecule has 18 heavy (non-hydrogen) atoms. The Morgan fingerprint density at radius 2 is 2.11 bits per heavy atom. The fourth-order valence-electron chi connectivity index (χ4n) is 2.12. The van der Waals surface area contributed by atoms with Crippen molar-refractivity contribution in [3.63, 3.8) is 0 Å². The highest BCUT2D eigenvalue weighted by atomic mass is 16.5. The van der Waals surface area contributed by atoms with Gasteiger partial charge in [-0.05, 0) is 36.8 Å². The number of ether oxygens (including phenoxy) is 1. The molecule has 0 N–H and O–H groups in total. The first-order valence-electron chi connectivity index (χ1n) is 5.81. The molecule has 0 radical (unpaired) electrons. The molecule has 0 atom stereocenters. The summed E-state index contributed by atoms with van der Waals surface area (Å²) < 4.78 is 10.9. The van der Waals surface area contributed by atoms with Crippen LogP contribution in [0.15, 0.2) is 51.2 Å². The number of fused-ring (bicyclic) bond motifs is 3. The van der Waals surface area contributed by atoms with Crippen LogP contribution in [0.25, 0.3) is 17.0 Å². The first-order valence-corrected chi connectivity index (χ1v) is 5.81. The van der Waals surface area contributed by atoms with E-state index in [0.29, 0.717) is 12.2 Å². The van der Waals surface area contributed by atoms with Crippen molar-refractivity contribution in [1.82, 2.24) is 0 Å². The standard InChI is InChI=1S/C15H12O3/c1-2-3-10-8-12-11-4-7-15(16)18-14(11)6-5-13(12)17-9-10/h2-8H,9H2,1H3/b3-2+. The fourth-order valence-corrected chi connectivity index (χ4v) is 2.12. The fraction of sp³-hybridized carbons (Fsp3) is 0.133. The van der Waals surface area contributed by atoms with Crippen LogP contribution in [0.2, 0.25) is 0 Å². The monoisotopic (exact) mass is 240 g/mol. The summed E-state index contributed by atoms with van der Waals surface area (Å²) in [6, 6.07) is 6.81. The minimum Gasteiger partial charge on any atom is -0.488 e. The zero-order chi connectivity index (χ0) is 12.5. The van der Waals surface area contributed by atoms with E-state index in [1.54, 1.807) is 12.1 Å². The van der Waals surface area contributed by atoms with Gasteiger partial charge in [0.25, 0.3) is 0 Å². The van der Waals surface area contributed by atoms with Gasteiger partial charge in [-0.2, -0.15) is 0 Å². The van der Waals surface area contributed by atoms with Crippen LogP contribution in [0, 0.1) is 0 Å². The molecule has 1 aliphatic rings. The van der Waals surface area contributed by atoms with E-state index in [4.69, 9.17) is 9.15 Å². The van der Waals surface area contributed by atoms with Crippen LogP contribution in [-0.2, 0) is 0 Å². The molecule has 0 saturated heterocycles. The Bertz CT molecular complexity index is 720. The van der Waals surface area contributed by atoms with Crippen LogP contribution in [0.4, 0.5) is 0 Å². The molecular weight excluding hydrogens is 228 g/mol. The third-order valence-corrected chi connectivity index (χ3v) is 2.91. The van der Waals surface area contributed by atoms with Crippen LogP contribution in [0.1, 0.15) is 12.5 Å². The van der Waals surface area contributed by atoms with E-state index in [9.17, 15) is 4.79 Å². The van der Waals surface area contributed by atoms with E-state index in [1.807, 2.05) is 25.1 Å². The minimum absolute atomic E-state index is 0.336. The molecule has 2 heterocycles. The van der Waals surface area contributed by atoms with E-state index in [-0.39, 0.29) is 5.63 Å². The van der Waals surface area contributed by atoms with E-state index >= 15 is 0 Å². The zero-order valence-corrected chi connectivity index (χ0v) is 9.97. The maximum atomic E-state index is 11.2. The highest BCUT2D eigenvalue weighted by molar-refractivity contribution is 5.90. The zero-order valence-electron chi connectivity index (χ0n) is 9.97. The van der Waals surface area contributed by atoms with Gasteiger partial charge in [0.15, 0.2) is 0 Å².